The van der Waals surface area contributed by atoms with E-state index in [2.05, 4.69) is 10.2 Å². The van der Waals surface area contributed by atoms with Crippen LogP contribution in [-0.2, 0) is 0 Å². The number of halogens is 1. The van der Waals surface area contributed by atoms with Gasteiger partial charge in [0.2, 0.25) is 9.47 Å². The average Bonchev–Trinajstić information content (AvgIpc) is 2.73. The quantitative estimate of drug-likeness (QED) is 0.763. The van der Waals surface area contributed by atoms with Crippen molar-refractivity contribution in [3.05, 3.63) is 9.47 Å². The second-order valence-electron chi connectivity index (χ2n) is 3.05. The van der Waals surface area contributed by atoms with Crippen LogP contribution < -0.4 is 0 Å². The summed E-state index contributed by atoms with van der Waals surface area (Å²) in [7, 11) is 0. The fourth-order valence-corrected chi connectivity index (χ4v) is 2.15. The number of aliphatic hydroxyl groups excluding tert-OH is 1. The van der Waals surface area contributed by atoms with E-state index in [0.717, 1.165) is 11.3 Å². The van der Waals surface area contributed by atoms with Gasteiger partial charge < -0.3 is 10.0 Å². The summed E-state index contributed by atoms with van der Waals surface area (Å²) in [5, 5.41) is 16.7. The second kappa shape index (κ2) is 3.80. The number of hydrogen-bond donors (Lipinski definition) is 1. The van der Waals surface area contributed by atoms with Gasteiger partial charge in [-0.05, 0) is 18.0 Å². The van der Waals surface area contributed by atoms with Crippen LogP contribution in [0.3, 0.4) is 0 Å². The normalized spacial score (nSPS) is 21.6. The molecule has 1 saturated heterocycles. The lowest BCUT2D eigenvalue weighted by Gasteiger charge is -2.12. The lowest BCUT2D eigenvalue weighted by atomic mass is 10.3. The molecule has 1 amide bonds. The molecule has 1 aliphatic heterocycles. The molecule has 1 N–H and O–H groups in total. The molecular weight excluding hydrogens is 226 g/mol. The zero-order valence-corrected chi connectivity index (χ0v) is 8.75. The number of carbonyl (C=O) groups is 1. The SMILES string of the molecule is O=C(c1nnc(Cl)s1)N1CCC(O)C1. The summed E-state index contributed by atoms with van der Waals surface area (Å²) in [4.78, 5) is 13.2. The fourth-order valence-electron chi connectivity index (χ4n) is 1.35. The Hall–Kier alpha value is -0.720. The molecular formula is C7H8ClN3O2S. The number of aromatic nitrogens is 2. The third-order valence-electron chi connectivity index (χ3n) is 2.03. The topological polar surface area (TPSA) is 66.3 Å². The van der Waals surface area contributed by atoms with Gasteiger partial charge in [0.1, 0.15) is 0 Å². The molecule has 0 aliphatic carbocycles. The van der Waals surface area contributed by atoms with E-state index < -0.39 is 6.10 Å². The largest absolute Gasteiger partial charge is 0.391 e. The Bertz CT molecular complexity index is 356. The third-order valence-corrected chi connectivity index (χ3v) is 3.04. The van der Waals surface area contributed by atoms with Crippen molar-refractivity contribution in [2.45, 2.75) is 12.5 Å². The third kappa shape index (κ3) is 1.87. The first-order valence-electron chi connectivity index (χ1n) is 4.13. The van der Waals surface area contributed by atoms with Crippen LogP contribution in [0.2, 0.25) is 4.47 Å². The van der Waals surface area contributed by atoms with E-state index in [1.807, 2.05) is 0 Å². The first kappa shape index (κ1) is 9.82. The highest BCUT2D eigenvalue weighted by molar-refractivity contribution is 7.17. The van der Waals surface area contributed by atoms with Crippen LogP contribution >= 0.6 is 22.9 Å². The number of carbonyl (C=O) groups excluding carboxylic acids is 1. The van der Waals surface area contributed by atoms with Crippen LogP contribution in [0.1, 0.15) is 16.2 Å². The van der Waals surface area contributed by atoms with Crippen LogP contribution in [0.4, 0.5) is 0 Å². The van der Waals surface area contributed by atoms with Gasteiger partial charge in [0.25, 0.3) is 5.91 Å². The summed E-state index contributed by atoms with van der Waals surface area (Å²) in [5.74, 6) is -0.203. The Morgan fingerprint density at radius 1 is 1.64 bits per heavy atom. The first-order valence-corrected chi connectivity index (χ1v) is 5.32. The lowest BCUT2D eigenvalue weighted by molar-refractivity contribution is 0.0764. The number of likely N-dealkylation sites (tertiary alicyclic amines) is 1. The van der Waals surface area contributed by atoms with Crippen molar-refractivity contribution in [1.29, 1.82) is 0 Å². The summed E-state index contributed by atoms with van der Waals surface area (Å²) in [6, 6.07) is 0. The van der Waals surface area contributed by atoms with Crippen LogP contribution in [0.15, 0.2) is 0 Å². The first-order chi connectivity index (χ1) is 6.66. The molecule has 1 atom stereocenters. The maximum atomic E-state index is 11.7. The summed E-state index contributed by atoms with van der Waals surface area (Å²) in [6.07, 6.45) is 0.209. The van der Waals surface area contributed by atoms with E-state index in [4.69, 9.17) is 11.6 Å². The summed E-state index contributed by atoms with van der Waals surface area (Å²) in [6.45, 7) is 0.938. The fraction of sp³-hybridized carbons (Fsp3) is 0.571. The number of nitrogens with zero attached hydrogens (tertiary/aromatic N) is 3. The minimum Gasteiger partial charge on any atom is -0.391 e. The van der Waals surface area contributed by atoms with Gasteiger partial charge in [-0.3, -0.25) is 4.79 Å². The van der Waals surface area contributed by atoms with E-state index in [9.17, 15) is 9.90 Å². The molecule has 1 aliphatic rings. The smallest absolute Gasteiger partial charge is 0.284 e. The Morgan fingerprint density at radius 2 is 2.43 bits per heavy atom. The van der Waals surface area contributed by atoms with Gasteiger partial charge in [-0.25, -0.2) is 0 Å². The molecule has 1 aromatic rings. The van der Waals surface area contributed by atoms with Crippen LogP contribution in [0, 0.1) is 0 Å². The van der Waals surface area contributed by atoms with Crippen molar-refractivity contribution >= 4 is 28.8 Å². The number of rotatable bonds is 1. The molecule has 0 bridgehead atoms. The highest BCUT2D eigenvalue weighted by Gasteiger charge is 2.27. The minimum atomic E-state index is -0.414. The predicted octanol–water partition coefficient (Wildman–Crippen LogP) is 0.398. The molecule has 1 unspecified atom stereocenters. The van der Waals surface area contributed by atoms with Crippen molar-refractivity contribution in [1.82, 2.24) is 15.1 Å². The van der Waals surface area contributed by atoms with Gasteiger partial charge in [-0.1, -0.05) is 11.3 Å². The molecule has 1 aromatic heterocycles. The Balaban J connectivity index is 2.09. The molecule has 0 spiro atoms. The monoisotopic (exact) mass is 233 g/mol. The van der Waals surface area contributed by atoms with Gasteiger partial charge in [0.05, 0.1) is 6.10 Å². The summed E-state index contributed by atoms with van der Waals surface area (Å²) in [5.41, 5.74) is 0. The molecule has 0 radical (unpaired) electrons. The van der Waals surface area contributed by atoms with Crippen molar-refractivity contribution in [2.75, 3.05) is 13.1 Å². The zero-order chi connectivity index (χ0) is 10.1. The number of β-amino-alcohol motifs (C(OH)–C–C–N with tert-alkyl or cyclic N) is 1. The van der Waals surface area contributed by atoms with E-state index in [-0.39, 0.29) is 15.4 Å². The molecule has 0 aromatic carbocycles. The van der Waals surface area contributed by atoms with Crippen molar-refractivity contribution < 1.29 is 9.90 Å². The van der Waals surface area contributed by atoms with Gasteiger partial charge in [0.15, 0.2) is 0 Å². The molecule has 1 fully saturated rings. The molecule has 14 heavy (non-hydrogen) atoms. The number of amides is 1. The van der Waals surface area contributed by atoms with Crippen molar-refractivity contribution in [2.24, 2.45) is 0 Å². The maximum Gasteiger partial charge on any atom is 0.284 e. The molecule has 5 nitrogen and oxygen atoms in total. The highest BCUT2D eigenvalue weighted by Crippen LogP contribution is 2.19. The van der Waals surface area contributed by atoms with Crippen molar-refractivity contribution in [3.8, 4) is 0 Å². The standard InChI is InChI=1S/C7H8ClN3O2S/c8-7-10-9-5(14-7)6(13)11-2-1-4(12)3-11/h4,12H,1-3H2. The van der Waals surface area contributed by atoms with Crippen LogP contribution in [0.5, 0.6) is 0 Å². The Kier molecular flexibility index (Phi) is 2.66. The summed E-state index contributed by atoms with van der Waals surface area (Å²) < 4.78 is 0.257. The predicted molar refractivity (Wildman–Crippen MR) is 51.4 cm³/mol. The number of aliphatic hydroxyl groups is 1. The van der Waals surface area contributed by atoms with Crippen LogP contribution in [-0.4, -0.2) is 45.3 Å². The minimum absolute atomic E-state index is 0.203. The second-order valence-corrected chi connectivity index (χ2v) is 4.61. The zero-order valence-electron chi connectivity index (χ0n) is 7.18. The molecule has 76 valence electrons. The summed E-state index contributed by atoms with van der Waals surface area (Å²) >= 11 is 6.62. The average molecular weight is 234 g/mol. The van der Waals surface area contributed by atoms with Gasteiger partial charge in [-0.2, -0.15) is 0 Å². The molecule has 7 heteroatoms. The Morgan fingerprint density at radius 3 is 2.93 bits per heavy atom. The molecule has 2 heterocycles. The highest BCUT2D eigenvalue weighted by atomic mass is 35.5. The van der Waals surface area contributed by atoms with E-state index in [0.29, 0.717) is 19.5 Å². The van der Waals surface area contributed by atoms with Gasteiger partial charge >= 0.3 is 0 Å². The molecule has 0 saturated carbocycles. The maximum absolute atomic E-state index is 11.7. The van der Waals surface area contributed by atoms with E-state index in [1.54, 1.807) is 4.90 Å². The number of hydrogen-bond acceptors (Lipinski definition) is 5. The Labute approximate surface area is 89.3 Å². The van der Waals surface area contributed by atoms with Crippen LogP contribution in [0.25, 0.3) is 0 Å². The molecule has 2 rings (SSSR count). The lowest BCUT2D eigenvalue weighted by Crippen LogP contribution is -2.29. The van der Waals surface area contributed by atoms with E-state index >= 15 is 0 Å². The van der Waals surface area contributed by atoms with E-state index in [1.165, 1.54) is 0 Å². The van der Waals surface area contributed by atoms with Crippen molar-refractivity contribution in [3.63, 3.8) is 0 Å². The van der Waals surface area contributed by atoms with Gasteiger partial charge in [0, 0.05) is 13.1 Å². The van der Waals surface area contributed by atoms with Gasteiger partial charge in [-0.15, -0.1) is 10.2 Å².